The van der Waals surface area contributed by atoms with Gasteiger partial charge in [0.2, 0.25) is 11.8 Å². The van der Waals surface area contributed by atoms with Gasteiger partial charge in [-0.1, -0.05) is 49.2 Å². The zero-order chi connectivity index (χ0) is 22.4. The SMILES string of the molecule is CC(=O)N1CCC(C(=O)NCc2ccc(N3CCCCCC3)nc2)(c2ccccc2)CC1. The lowest BCUT2D eigenvalue weighted by Crippen LogP contribution is -2.52. The van der Waals surface area contributed by atoms with Gasteiger partial charge in [0.05, 0.1) is 5.41 Å². The molecule has 6 nitrogen and oxygen atoms in total. The van der Waals surface area contributed by atoms with Gasteiger partial charge in [0.25, 0.3) is 0 Å². The summed E-state index contributed by atoms with van der Waals surface area (Å²) in [5.74, 6) is 1.13. The number of nitrogens with one attached hydrogen (secondary N) is 1. The van der Waals surface area contributed by atoms with Crippen LogP contribution in [0.1, 0.15) is 56.6 Å². The fraction of sp³-hybridized carbons (Fsp3) is 0.500. The number of likely N-dealkylation sites (tertiary alicyclic amines) is 1. The molecule has 2 aliphatic rings. The number of benzene rings is 1. The van der Waals surface area contributed by atoms with Crippen molar-refractivity contribution in [1.82, 2.24) is 15.2 Å². The van der Waals surface area contributed by atoms with E-state index in [0.29, 0.717) is 32.5 Å². The van der Waals surface area contributed by atoms with Crippen molar-refractivity contribution in [3.8, 4) is 0 Å². The molecule has 0 atom stereocenters. The summed E-state index contributed by atoms with van der Waals surface area (Å²) < 4.78 is 0. The van der Waals surface area contributed by atoms with Gasteiger partial charge in [-0.3, -0.25) is 9.59 Å². The average Bonchev–Trinajstić information content (AvgIpc) is 3.13. The molecule has 2 amide bonds. The summed E-state index contributed by atoms with van der Waals surface area (Å²) in [6, 6.07) is 14.1. The monoisotopic (exact) mass is 434 g/mol. The van der Waals surface area contributed by atoms with Crippen LogP contribution in [0.2, 0.25) is 0 Å². The van der Waals surface area contributed by atoms with Gasteiger partial charge in [-0.2, -0.15) is 0 Å². The maximum atomic E-state index is 13.5. The fourth-order valence-corrected chi connectivity index (χ4v) is 4.97. The minimum absolute atomic E-state index is 0.0310. The molecule has 0 radical (unpaired) electrons. The molecule has 2 fully saturated rings. The molecule has 0 unspecified atom stereocenters. The lowest BCUT2D eigenvalue weighted by molar-refractivity contribution is -0.135. The van der Waals surface area contributed by atoms with Gasteiger partial charge in [-0.15, -0.1) is 0 Å². The Morgan fingerprint density at radius 1 is 0.938 bits per heavy atom. The maximum absolute atomic E-state index is 13.5. The van der Waals surface area contributed by atoms with Crippen LogP contribution in [0, 0.1) is 0 Å². The molecule has 2 aromatic rings. The van der Waals surface area contributed by atoms with E-state index in [1.54, 1.807) is 6.92 Å². The number of hydrogen-bond acceptors (Lipinski definition) is 4. The zero-order valence-electron chi connectivity index (χ0n) is 19.1. The molecule has 4 rings (SSSR count). The van der Waals surface area contributed by atoms with Gasteiger partial charge >= 0.3 is 0 Å². The number of amides is 2. The highest BCUT2D eigenvalue weighted by atomic mass is 16.2. The van der Waals surface area contributed by atoms with Crippen molar-refractivity contribution in [2.45, 2.75) is 57.4 Å². The number of nitrogens with zero attached hydrogens (tertiary/aromatic N) is 3. The number of carbonyl (C=O) groups excluding carboxylic acids is 2. The summed E-state index contributed by atoms with van der Waals surface area (Å²) >= 11 is 0. The van der Waals surface area contributed by atoms with Crippen LogP contribution in [0.4, 0.5) is 5.82 Å². The minimum atomic E-state index is -0.605. The van der Waals surface area contributed by atoms with Gasteiger partial charge in [-0.05, 0) is 42.9 Å². The number of anilines is 1. The smallest absolute Gasteiger partial charge is 0.231 e. The third kappa shape index (κ3) is 4.95. The second-order valence-electron chi connectivity index (χ2n) is 9.06. The Hall–Kier alpha value is -2.89. The second kappa shape index (κ2) is 10.2. The van der Waals surface area contributed by atoms with Crippen LogP contribution in [0.5, 0.6) is 0 Å². The first-order chi connectivity index (χ1) is 15.6. The van der Waals surface area contributed by atoms with Gasteiger partial charge in [0.15, 0.2) is 0 Å². The standard InChI is InChI=1S/C26H34N4O2/c1-21(31)29-17-13-26(14-18-29,23-9-5-4-6-10-23)25(32)28-20-22-11-12-24(27-19-22)30-15-7-2-3-8-16-30/h4-6,9-12,19H,2-3,7-8,13-18,20H2,1H3,(H,28,32). The van der Waals surface area contributed by atoms with Crippen molar-refractivity contribution in [3.05, 3.63) is 59.8 Å². The molecule has 0 aliphatic carbocycles. The van der Waals surface area contributed by atoms with Crippen LogP contribution in [-0.2, 0) is 21.5 Å². The summed E-state index contributed by atoms with van der Waals surface area (Å²) in [5.41, 5.74) is 1.42. The van der Waals surface area contributed by atoms with E-state index in [-0.39, 0.29) is 11.8 Å². The Morgan fingerprint density at radius 3 is 2.22 bits per heavy atom. The van der Waals surface area contributed by atoms with E-state index in [4.69, 9.17) is 0 Å². The van der Waals surface area contributed by atoms with Crippen molar-refractivity contribution in [2.24, 2.45) is 0 Å². The van der Waals surface area contributed by atoms with Crippen molar-refractivity contribution in [1.29, 1.82) is 0 Å². The molecule has 6 heteroatoms. The first kappa shape index (κ1) is 22.3. The van der Waals surface area contributed by atoms with Crippen molar-refractivity contribution < 1.29 is 9.59 Å². The van der Waals surface area contributed by atoms with Crippen LogP contribution >= 0.6 is 0 Å². The molecule has 1 aromatic heterocycles. The van der Waals surface area contributed by atoms with Gasteiger partial charge in [-0.25, -0.2) is 4.98 Å². The van der Waals surface area contributed by atoms with Crippen LogP contribution in [0.3, 0.4) is 0 Å². The fourth-order valence-electron chi connectivity index (χ4n) is 4.97. The number of pyridine rings is 1. The third-order valence-corrected chi connectivity index (χ3v) is 7.02. The summed E-state index contributed by atoms with van der Waals surface area (Å²) in [5, 5.41) is 3.17. The van der Waals surface area contributed by atoms with Crippen LogP contribution in [-0.4, -0.2) is 47.9 Å². The third-order valence-electron chi connectivity index (χ3n) is 7.02. The van der Waals surface area contributed by atoms with E-state index in [2.05, 4.69) is 27.3 Å². The molecule has 1 aromatic carbocycles. The van der Waals surface area contributed by atoms with E-state index in [9.17, 15) is 9.59 Å². The topological polar surface area (TPSA) is 65.5 Å². The van der Waals surface area contributed by atoms with Gasteiger partial charge < -0.3 is 15.1 Å². The largest absolute Gasteiger partial charge is 0.357 e. The Labute approximate surface area is 191 Å². The van der Waals surface area contributed by atoms with Crippen LogP contribution in [0.25, 0.3) is 0 Å². The van der Waals surface area contributed by atoms with Crippen molar-refractivity contribution >= 4 is 17.6 Å². The number of piperidine rings is 1. The van der Waals surface area contributed by atoms with E-state index >= 15 is 0 Å². The lowest BCUT2D eigenvalue weighted by Gasteiger charge is -2.40. The van der Waals surface area contributed by atoms with Crippen LogP contribution in [0.15, 0.2) is 48.7 Å². The molecule has 2 aliphatic heterocycles. The van der Waals surface area contributed by atoms with Crippen molar-refractivity contribution in [3.63, 3.8) is 0 Å². The minimum Gasteiger partial charge on any atom is -0.357 e. The molecular formula is C26H34N4O2. The number of rotatable bonds is 5. The maximum Gasteiger partial charge on any atom is 0.231 e. The quantitative estimate of drug-likeness (QED) is 0.780. The molecule has 170 valence electrons. The summed E-state index contributed by atoms with van der Waals surface area (Å²) in [6.45, 7) is 5.39. The molecule has 2 saturated heterocycles. The number of hydrogen-bond donors (Lipinski definition) is 1. The Balaban J connectivity index is 1.43. The van der Waals surface area contributed by atoms with Crippen molar-refractivity contribution in [2.75, 3.05) is 31.1 Å². The Bertz CT molecular complexity index is 897. The normalized spacial score (nSPS) is 18.7. The van der Waals surface area contributed by atoms with E-state index in [1.165, 1.54) is 25.7 Å². The Morgan fingerprint density at radius 2 is 1.62 bits per heavy atom. The first-order valence-corrected chi connectivity index (χ1v) is 11.9. The predicted molar refractivity (Wildman–Crippen MR) is 126 cm³/mol. The zero-order valence-corrected chi connectivity index (χ0v) is 19.1. The van der Waals surface area contributed by atoms with Crippen LogP contribution < -0.4 is 10.2 Å². The molecule has 1 N–H and O–H groups in total. The highest BCUT2D eigenvalue weighted by Crippen LogP contribution is 2.36. The molecule has 3 heterocycles. The first-order valence-electron chi connectivity index (χ1n) is 11.9. The van der Waals surface area contributed by atoms with E-state index in [1.807, 2.05) is 41.4 Å². The molecule has 0 saturated carbocycles. The van der Waals surface area contributed by atoms with Gasteiger partial charge in [0, 0.05) is 45.8 Å². The highest BCUT2D eigenvalue weighted by molar-refractivity contribution is 5.88. The molecular weight excluding hydrogens is 400 g/mol. The summed E-state index contributed by atoms with van der Waals surface area (Å²) in [4.78, 5) is 34.1. The summed E-state index contributed by atoms with van der Waals surface area (Å²) in [7, 11) is 0. The Kier molecular flexibility index (Phi) is 7.08. The number of carbonyl (C=O) groups is 2. The summed E-state index contributed by atoms with van der Waals surface area (Å²) in [6.07, 6.45) is 8.20. The van der Waals surface area contributed by atoms with E-state index < -0.39 is 5.41 Å². The lowest BCUT2D eigenvalue weighted by atomic mass is 9.72. The predicted octanol–water partition coefficient (Wildman–Crippen LogP) is 3.66. The number of aromatic nitrogens is 1. The molecule has 0 bridgehead atoms. The average molecular weight is 435 g/mol. The highest BCUT2D eigenvalue weighted by Gasteiger charge is 2.43. The second-order valence-corrected chi connectivity index (χ2v) is 9.06. The molecule has 32 heavy (non-hydrogen) atoms. The molecule has 0 spiro atoms. The van der Waals surface area contributed by atoms with E-state index in [0.717, 1.165) is 30.0 Å². The van der Waals surface area contributed by atoms with Gasteiger partial charge in [0.1, 0.15) is 5.82 Å².